The molecule has 0 aliphatic heterocycles. The molecule has 3 aromatic heterocycles. The first-order chi connectivity index (χ1) is 27.7. The number of fused-ring (bicyclic) bond motifs is 6. The fraction of sp³-hybridized carbons (Fsp3) is 0. The van der Waals surface area contributed by atoms with Crippen LogP contribution in [0.2, 0.25) is 0 Å². The van der Waals surface area contributed by atoms with E-state index in [1.54, 1.807) is 4.57 Å². The molecule has 0 amide bonds. The smallest absolute Gasteiger partial charge is 0.238 e. The summed E-state index contributed by atoms with van der Waals surface area (Å²) < 4.78 is 64.3. The Morgan fingerprint density at radius 1 is 0.380 bits per heavy atom. The van der Waals surface area contributed by atoms with E-state index in [9.17, 15) is 0 Å². The molecule has 0 N–H and O–H groups in total. The van der Waals surface area contributed by atoms with E-state index < -0.39 is 12.1 Å². The molecule has 0 atom stereocenters. The standard InChI is InChI=1S/C45H29N5/c1-3-13-30(14-4-1)31-23-25-33(26-24-31)44-46-43(32-15-5-2-6-16-32)47-45(48-44)50-41-22-12-9-19-37(41)38-29-34(27-28-42(38)50)49-39-20-10-7-17-35(39)36-18-8-11-21-40(36)49/h1-29H/i7D,8D,10D,11D,17D,20D,21D. The third kappa shape index (κ3) is 4.52. The Bertz CT molecular complexity index is 3250. The number of benzene rings is 7. The summed E-state index contributed by atoms with van der Waals surface area (Å²) in [4.78, 5) is 15.1. The molecule has 50 heavy (non-hydrogen) atoms. The predicted octanol–water partition coefficient (Wildman–Crippen LogP) is 11.1. The van der Waals surface area contributed by atoms with Crippen molar-refractivity contribution in [2.45, 2.75) is 0 Å². The molecule has 7 aromatic carbocycles. The predicted molar refractivity (Wildman–Crippen MR) is 205 cm³/mol. The van der Waals surface area contributed by atoms with Gasteiger partial charge >= 0.3 is 0 Å². The molecule has 0 aliphatic rings. The maximum absolute atomic E-state index is 8.98. The summed E-state index contributed by atoms with van der Waals surface area (Å²) in [6.45, 7) is 0. The Labute approximate surface area is 298 Å². The van der Waals surface area contributed by atoms with E-state index >= 15 is 0 Å². The average Bonchev–Trinajstić information content (AvgIpc) is 3.77. The second-order valence-electron chi connectivity index (χ2n) is 12.0. The van der Waals surface area contributed by atoms with Crippen molar-refractivity contribution in [1.82, 2.24) is 24.1 Å². The molecular weight excluding hydrogens is 611 g/mol. The Morgan fingerprint density at radius 2 is 0.940 bits per heavy atom. The topological polar surface area (TPSA) is 48.5 Å². The van der Waals surface area contributed by atoms with Gasteiger partial charge in [-0.15, -0.1) is 0 Å². The zero-order valence-corrected chi connectivity index (χ0v) is 26.4. The van der Waals surface area contributed by atoms with Crippen molar-refractivity contribution in [3.8, 4) is 45.5 Å². The second-order valence-corrected chi connectivity index (χ2v) is 12.0. The number of para-hydroxylation sites is 3. The monoisotopic (exact) mass is 646 g/mol. The van der Waals surface area contributed by atoms with Gasteiger partial charge < -0.3 is 4.57 Å². The van der Waals surface area contributed by atoms with Crippen LogP contribution in [-0.2, 0) is 0 Å². The minimum atomic E-state index is -0.410. The fourth-order valence-corrected chi connectivity index (χ4v) is 6.81. The van der Waals surface area contributed by atoms with Crippen LogP contribution in [0.1, 0.15) is 9.60 Å². The summed E-state index contributed by atoms with van der Waals surface area (Å²) >= 11 is 0. The first-order valence-electron chi connectivity index (χ1n) is 19.7. The van der Waals surface area contributed by atoms with E-state index in [0.29, 0.717) is 28.7 Å². The van der Waals surface area contributed by atoms with Crippen LogP contribution in [-0.4, -0.2) is 24.1 Å². The zero-order chi connectivity index (χ0) is 39.1. The summed E-state index contributed by atoms with van der Waals surface area (Å²) in [5.74, 6) is 1.42. The third-order valence-electron chi connectivity index (χ3n) is 9.13. The minimum absolute atomic E-state index is 0.172. The molecule has 0 fully saturated rings. The highest BCUT2D eigenvalue weighted by Gasteiger charge is 2.19. The van der Waals surface area contributed by atoms with Crippen molar-refractivity contribution in [3.05, 3.63) is 176 Å². The first-order valence-corrected chi connectivity index (χ1v) is 16.2. The molecule has 5 nitrogen and oxygen atoms in total. The van der Waals surface area contributed by atoms with Crippen LogP contribution in [0.25, 0.3) is 89.2 Å². The first kappa shape index (κ1) is 21.9. The maximum Gasteiger partial charge on any atom is 0.238 e. The van der Waals surface area contributed by atoms with Crippen LogP contribution in [0.15, 0.2) is 176 Å². The lowest BCUT2D eigenvalue weighted by molar-refractivity contribution is 0.953. The molecule has 10 rings (SSSR count). The van der Waals surface area contributed by atoms with Gasteiger partial charge in [0.25, 0.3) is 0 Å². The van der Waals surface area contributed by atoms with E-state index in [-0.39, 0.29) is 46.6 Å². The van der Waals surface area contributed by atoms with E-state index in [1.807, 2.05) is 108 Å². The highest BCUT2D eigenvalue weighted by Crippen LogP contribution is 2.37. The molecule has 0 radical (unpaired) electrons. The van der Waals surface area contributed by atoms with Gasteiger partial charge in [-0.3, -0.25) is 4.57 Å². The van der Waals surface area contributed by atoms with Crippen molar-refractivity contribution in [2.75, 3.05) is 0 Å². The minimum Gasteiger partial charge on any atom is -0.309 e. The van der Waals surface area contributed by atoms with E-state index in [0.717, 1.165) is 44.1 Å². The Kier molecular flexibility index (Phi) is 4.99. The van der Waals surface area contributed by atoms with E-state index in [1.165, 1.54) is 6.07 Å². The molecule has 234 valence electrons. The Morgan fingerprint density at radius 3 is 1.72 bits per heavy atom. The summed E-state index contributed by atoms with van der Waals surface area (Å²) in [5.41, 5.74) is 6.38. The van der Waals surface area contributed by atoms with Crippen LogP contribution < -0.4 is 0 Å². The van der Waals surface area contributed by atoms with Gasteiger partial charge in [-0.2, -0.15) is 9.97 Å². The molecular formula is C45H29N5. The van der Waals surface area contributed by atoms with Gasteiger partial charge in [0.05, 0.1) is 31.7 Å². The molecule has 5 heteroatoms. The fourth-order valence-electron chi connectivity index (χ4n) is 6.81. The van der Waals surface area contributed by atoms with Gasteiger partial charge in [-0.1, -0.05) is 139 Å². The quantitative estimate of drug-likeness (QED) is 0.187. The largest absolute Gasteiger partial charge is 0.309 e. The van der Waals surface area contributed by atoms with Crippen molar-refractivity contribution in [3.63, 3.8) is 0 Å². The Balaban J connectivity index is 1.23. The molecule has 0 saturated heterocycles. The highest BCUT2D eigenvalue weighted by molar-refractivity contribution is 6.12. The lowest BCUT2D eigenvalue weighted by Gasteiger charge is -2.12. The van der Waals surface area contributed by atoms with Gasteiger partial charge in [0.1, 0.15) is 0 Å². The van der Waals surface area contributed by atoms with Crippen LogP contribution in [0.4, 0.5) is 0 Å². The van der Waals surface area contributed by atoms with Crippen molar-refractivity contribution >= 4 is 43.6 Å². The van der Waals surface area contributed by atoms with Crippen molar-refractivity contribution in [1.29, 1.82) is 0 Å². The molecule has 0 unspecified atom stereocenters. The van der Waals surface area contributed by atoms with Gasteiger partial charge in [0.2, 0.25) is 5.95 Å². The summed E-state index contributed by atoms with van der Waals surface area (Å²) in [5, 5.41) is 2.20. The molecule has 0 spiro atoms. The van der Waals surface area contributed by atoms with Crippen molar-refractivity contribution in [2.24, 2.45) is 0 Å². The van der Waals surface area contributed by atoms with Gasteiger partial charge in [0, 0.05) is 38.4 Å². The van der Waals surface area contributed by atoms with Crippen LogP contribution in [0.3, 0.4) is 0 Å². The average molecular weight is 647 g/mol. The van der Waals surface area contributed by atoms with E-state index in [4.69, 9.17) is 24.5 Å². The Hall–Kier alpha value is -6.85. The molecule has 3 heterocycles. The van der Waals surface area contributed by atoms with Crippen LogP contribution in [0, 0.1) is 0 Å². The summed E-state index contributed by atoms with van der Waals surface area (Å²) in [6.07, 6.45) is 0. The lowest BCUT2D eigenvalue weighted by Crippen LogP contribution is -2.06. The molecule has 10 aromatic rings. The van der Waals surface area contributed by atoms with Crippen molar-refractivity contribution < 1.29 is 9.60 Å². The van der Waals surface area contributed by atoms with Gasteiger partial charge in [0.15, 0.2) is 11.6 Å². The summed E-state index contributed by atoms with van der Waals surface area (Å²) in [7, 11) is 0. The number of aromatic nitrogens is 5. The highest BCUT2D eigenvalue weighted by atomic mass is 15.2. The zero-order valence-electron chi connectivity index (χ0n) is 33.4. The number of hydrogen-bond donors (Lipinski definition) is 0. The summed E-state index contributed by atoms with van der Waals surface area (Å²) in [6, 6.07) is 41.0. The molecule has 0 aliphatic carbocycles. The van der Waals surface area contributed by atoms with Crippen LogP contribution in [0.5, 0.6) is 0 Å². The van der Waals surface area contributed by atoms with E-state index in [2.05, 4.69) is 24.3 Å². The molecule has 0 saturated carbocycles. The van der Waals surface area contributed by atoms with Crippen LogP contribution >= 0.6 is 0 Å². The normalized spacial score (nSPS) is 13.6. The maximum atomic E-state index is 8.98. The number of rotatable bonds is 5. The molecule has 0 bridgehead atoms. The SMILES string of the molecule is [2H]c1cc2c3c([2H])c([2H])c([2H])c([2H])c3n(-c3ccc4c(c3)c3ccccc3n4-c3nc(-c4ccccc4)nc(-c4ccc(-c5ccccc5)cc4)n3)c2c([2H])c1[2H]. The second kappa shape index (κ2) is 11.4. The third-order valence-corrected chi connectivity index (χ3v) is 9.13. The number of hydrogen-bond acceptors (Lipinski definition) is 3. The van der Waals surface area contributed by atoms with Gasteiger partial charge in [-0.25, -0.2) is 4.98 Å². The number of nitrogens with zero attached hydrogens (tertiary/aromatic N) is 5. The van der Waals surface area contributed by atoms with Gasteiger partial charge in [-0.05, 0) is 47.5 Å². The lowest BCUT2D eigenvalue weighted by atomic mass is 10.0.